The van der Waals surface area contributed by atoms with E-state index in [1.807, 2.05) is 19.1 Å². The van der Waals surface area contributed by atoms with E-state index in [0.717, 1.165) is 9.13 Å². The van der Waals surface area contributed by atoms with Crippen LogP contribution < -0.4 is 14.8 Å². The van der Waals surface area contributed by atoms with Crippen molar-refractivity contribution < 1.29 is 14.3 Å². The molecular formula is C19H15Cl2IN2O3S. The van der Waals surface area contributed by atoms with Gasteiger partial charge in [0.15, 0.2) is 16.7 Å². The number of hydrogen-bond donors (Lipinski definition) is 1. The van der Waals surface area contributed by atoms with Crippen molar-refractivity contribution in [3.8, 4) is 11.5 Å². The lowest BCUT2D eigenvalue weighted by molar-refractivity contribution is -0.115. The second-order valence-electron chi connectivity index (χ2n) is 5.52. The fraction of sp³-hybridized carbons (Fsp3) is 0.158. The molecule has 2 aromatic rings. The highest BCUT2D eigenvalue weighted by atomic mass is 127. The maximum absolute atomic E-state index is 12.4. The van der Waals surface area contributed by atoms with Crippen LogP contribution in [0.2, 0.25) is 10.0 Å². The molecule has 0 atom stereocenters. The van der Waals surface area contributed by atoms with Crippen LogP contribution in [0.5, 0.6) is 11.5 Å². The van der Waals surface area contributed by atoms with Crippen molar-refractivity contribution in [1.29, 1.82) is 0 Å². The Hall–Kier alpha value is -1.42. The lowest BCUT2D eigenvalue weighted by Crippen LogP contribution is -2.19. The highest BCUT2D eigenvalue weighted by Crippen LogP contribution is 2.37. The van der Waals surface area contributed by atoms with E-state index in [1.54, 1.807) is 31.4 Å². The molecule has 0 radical (unpaired) electrons. The normalized spacial score (nSPS) is 16.5. The van der Waals surface area contributed by atoms with E-state index in [-0.39, 0.29) is 5.91 Å². The Kier molecular flexibility index (Phi) is 7.14. The Balaban J connectivity index is 1.91. The Labute approximate surface area is 190 Å². The molecule has 1 heterocycles. The molecule has 146 valence electrons. The van der Waals surface area contributed by atoms with Crippen LogP contribution in [-0.4, -0.2) is 24.8 Å². The van der Waals surface area contributed by atoms with Crippen LogP contribution in [0.3, 0.4) is 0 Å². The Bertz CT molecular complexity index is 995. The van der Waals surface area contributed by atoms with E-state index in [2.05, 4.69) is 32.9 Å². The summed E-state index contributed by atoms with van der Waals surface area (Å²) in [4.78, 5) is 17.3. The van der Waals surface area contributed by atoms with Gasteiger partial charge in [-0.25, -0.2) is 4.99 Å². The van der Waals surface area contributed by atoms with Crippen molar-refractivity contribution >= 4 is 80.4 Å². The highest BCUT2D eigenvalue weighted by Gasteiger charge is 2.24. The molecule has 1 aliphatic heterocycles. The van der Waals surface area contributed by atoms with Gasteiger partial charge in [0.1, 0.15) is 0 Å². The van der Waals surface area contributed by atoms with E-state index in [4.69, 9.17) is 32.7 Å². The zero-order valence-corrected chi connectivity index (χ0v) is 19.4. The quantitative estimate of drug-likeness (QED) is 0.373. The first kappa shape index (κ1) is 21.3. The average molecular weight is 549 g/mol. The van der Waals surface area contributed by atoms with Gasteiger partial charge in [0, 0.05) is 0 Å². The number of carbonyl (C=O) groups is 1. The summed E-state index contributed by atoms with van der Waals surface area (Å²) in [5.41, 5.74) is 1.32. The largest absolute Gasteiger partial charge is 0.492 e. The van der Waals surface area contributed by atoms with Gasteiger partial charge in [-0.1, -0.05) is 29.3 Å². The molecule has 0 saturated carbocycles. The van der Waals surface area contributed by atoms with Crippen LogP contribution in [-0.2, 0) is 4.79 Å². The monoisotopic (exact) mass is 548 g/mol. The summed E-state index contributed by atoms with van der Waals surface area (Å²) in [5, 5.41) is 3.93. The molecule has 0 spiro atoms. The van der Waals surface area contributed by atoms with E-state index < -0.39 is 0 Å². The number of amidine groups is 1. The number of amides is 1. The molecular weight excluding hydrogens is 534 g/mol. The van der Waals surface area contributed by atoms with Gasteiger partial charge < -0.3 is 14.8 Å². The summed E-state index contributed by atoms with van der Waals surface area (Å²) >= 11 is 15.6. The first-order valence-electron chi connectivity index (χ1n) is 8.16. The minimum absolute atomic E-state index is 0.231. The molecule has 5 nitrogen and oxygen atoms in total. The van der Waals surface area contributed by atoms with Gasteiger partial charge in [0.2, 0.25) is 0 Å². The van der Waals surface area contributed by atoms with Crippen LogP contribution in [0, 0.1) is 3.57 Å². The van der Waals surface area contributed by atoms with Crippen molar-refractivity contribution in [2.75, 3.05) is 13.7 Å². The SMILES string of the molecule is CCOc1cc(/C=C2/SC(=Nc3cccc(Cl)c3Cl)NC2=O)cc(I)c1OC. The predicted octanol–water partition coefficient (Wildman–Crippen LogP) is 5.90. The third-order valence-electron chi connectivity index (χ3n) is 3.64. The van der Waals surface area contributed by atoms with Gasteiger partial charge in [-0.05, 0) is 77.2 Å². The average Bonchev–Trinajstić information content (AvgIpc) is 2.98. The van der Waals surface area contributed by atoms with Gasteiger partial charge in [-0.15, -0.1) is 0 Å². The fourth-order valence-electron chi connectivity index (χ4n) is 2.45. The number of nitrogens with one attached hydrogen (secondary N) is 1. The number of methoxy groups -OCH3 is 1. The third kappa shape index (κ3) is 4.76. The maximum atomic E-state index is 12.4. The first-order chi connectivity index (χ1) is 13.4. The van der Waals surface area contributed by atoms with Crippen LogP contribution in [0.1, 0.15) is 12.5 Å². The molecule has 1 amide bonds. The van der Waals surface area contributed by atoms with E-state index in [0.29, 0.717) is 43.9 Å². The minimum atomic E-state index is -0.231. The van der Waals surface area contributed by atoms with Crippen LogP contribution in [0.25, 0.3) is 6.08 Å². The van der Waals surface area contributed by atoms with Crippen molar-refractivity contribution in [3.63, 3.8) is 0 Å². The number of aliphatic imine (C=N–C) groups is 1. The molecule has 0 unspecified atom stereocenters. The summed E-state index contributed by atoms with van der Waals surface area (Å²) in [6.45, 7) is 2.42. The van der Waals surface area contributed by atoms with Gasteiger partial charge in [0.25, 0.3) is 5.91 Å². The number of halogens is 3. The second-order valence-corrected chi connectivity index (χ2v) is 8.50. The summed E-state index contributed by atoms with van der Waals surface area (Å²) < 4.78 is 11.9. The summed E-state index contributed by atoms with van der Waals surface area (Å²) in [6.07, 6.45) is 1.78. The Morgan fingerprint density at radius 2 is 2.11 bits per heavy atom. The molecule has 2 aromatic carbocycles. The molecule has 1 saturated heterocycles. The van der Waals surface area contributed by atoms with Crippen molar-refractivity contribution in [3.05, 3.63) is 54.4 Å². The maximum Gasteiger partial charge on any atom is 0.264 e. The minimum Gasteiger partial charge on any atom is -0.492 e. The van der Waals surface area contributed by atoms with Gasteiger partial charge in [-0.2, -0.15) is 0 Å². The molecule has 1 N–H and O–H groups in total. The lowest BCUT2D eigenvalue weighted by atomic mass is 10.2. The zero-order chi connectivity index (χ0) is 20.3. The zero-order valence-electron chi connectivity index (χ0n) is 14.9. The van der Waals surface area contributed by atoms with Crippen molar-refractivity contribution in [2.45, 2.75) is 6.92 Å². The second kappa shape index (κ2) is 9.39. The standard InChI is InChI=1S/C19H15Cl2IN2O3S/c1-3-27-14-8-10(7-12(22)17(14)26-2)9-15-18(25)24-19(28-15)23-13-6-4-5-11(20)16(13)21/h4-9H,3H2,1-2H3,(H,23,24,25)/b15-9+. The molecule has 0 bridgehead atoms. The number of ether oxygens (including phenoxy) is 2. The number of benzene rings is 2. The number of thioether (sulfide) groups is 1. The number of hydrogen-bond acceptors (Lipinski definition) is 5. The highest BCUT2D eigenvalue weighted by molar-refractivity contribution is 14.1. The molecule has 1 fully saturated rings. The summed E-state index contributed by atoms with van der Waals surface area (Å²) in [5.74, 6) is 1.07. The van der Waals surface area contributed by atoms with Crippen molar-refractivity contribution in [2.24, 2.45) is 4.99 Å². The van der Waals surface area contributed by atoms with Crippen LogP contribution in [0.4, 0.5) is 5.69 Å². The van der Waals surface area contributed by atoms with Gasteiger partial charge >= 0.3 is 0 Å². The fourth-order valence-corrected chi connectivity index (χ4v) is 4.47. The molecule has 1 aliphatic rings. The number of carbonyl (C=O) groups excluding carboxylic acids is 1. The van der Waals surface area contributed by atoms with Crippen molar-refractivity contribution in [1.82, 2.24) is 5.32 Å². The number of nitrogens with zero attached hydrogens (tertiary/aromatic N) is 1. The van der Waals surface area contributed by atoms with Crippen LogP contribution >= 0.6 is 57.6 Å². The predicted molar refractivity (Wildman–Crippen MR) is 124 cm³/mol. The van der Waals surface area contributed by atoms with Gasteiger partial charge in [0.05, 0.1) is 37.9 Å². The van der Waals surface area contributed by atoms with Gasteiger partial charge in [-0.3, -0.25) is 4.79 Å². The topological polar surface area (TPSA) is 59.9 Å². The molecule has 3 rings (SSSR count). The Morgan fingerprint density at radius 1 is 1.32 bits per heavy atom. The smallest absolute Gasteiger partial charge is 0.264 e. The Morgan fingerprint density at radius 3 is 2.82 bits per heavy atom. The number of rotatable bonds is 5. The summed E-state index contributed by atoms with van der Waals surface area (Å²) in [6, 6.07) is 8.93. The summed E-state index contributed by atoms with van der Waals surface area (Å²) in [7, 11) is 1.60. The van der Waals surface area contributed by atoms with E-state index in [9.17, 15) is 4.79 Å². The van der Waals surface area contributed by atoms with Crippen LogP contribution in [0.15, 0.2) is 40.2 Å². The lowest BCUT2D eigenvalue weighted by Gasteiger charge is -2.12. The molecule has 0 aromatic heterocycles. The molecule has 0 aliphatic carbocycles. The molecule has 28 heavy (non-hydrogen) atoms. The first-order valence-corrected chi connectivity index (χ1v) is 10.8. The third-order valence-corrected chi connectivity index (χ3v) is 6.16. The van der Waals surface area contributed by atoms with E-state index >= 15 is 0 Å². The van der Waals surface area contributed by atoms with E-state index in [1.165, 1.54) is 11.8 Å². The molecule has 9 heteroatoms.